The van der Waals surface area contributed by atoms with Crippen molar-refractivity contribution in [1.29, 1.82) is 0 Å². The summed E-state index contributed by atoms with van der Waals surface area (Å²) in [4.78, 5) is 26.3. The SMILES string of the molecule is C=CCCOc1ccc(C(=O)NC2(C(=O)NCCNS(=O)(=O)c3ccc(C)cc3)CCNCC2)cc1. The van der Waals surface area contributed by atoms with Crippen LogP contribution < -0.4 is 25.4 Å². The first-order valence-corrected chi connectivity index (χ1v) is 13.5. The summed E-state index contributed by atoms with van der Waals surface area (Å²) in [5.41, 5.74) is 0.295. The fraction of sp³-hybridized carbons (Fsp3) is 0.385. The molecule has 0 unspecified atom stereocenters. The molecular weight excluding hydrogens is 480 g/mol. The number of hydrogen-bond donors (Lipinski definition) is 4. The van der Waals surface area contributed by atoms with E-state index in [0.717, 1.165) is 12.0 Å². The van der Waals surface area contributed by atoms with Gasteiger partial charge in [-0.3, -0.25) is 9.59 Å². The van der Waals surface area contributed by atoms with Gasteiger partial charge in [-0.25, -0.2) is 13.1 Å². The summed E-state index contributed by atoms with van der Waals surface area (Å²) < 4.78 is 33.0. The van der Waals surface area contributed by atoms with Gasteiger partial charge in [-0.1, -0.05) is 23.8 Å². The van der Waals surface area contributed by atoms with E-state index in [1.54, 1.807) is 42.5 Å². The Hall–Kier alpha value is -3.21. The molecule has 3 rings (SSSR count). The molecule has 1 aliphatic rings. The van der Waals surface area contributed by atoms with Crippen LogP contribution in [-0.2, 0) is 14.8 Å². The number of rotatable bonds is 12. The van der Waals surface area contributed by atoms with Crippen molar-refractivity contribution in [1.82, 2.24) is 20.7 Å². The van der Waals surface area contributed by atoms with Gasteiger partial charge in [0.05, 0.1) is 11.5 Å². The van der Waals surface area contributed by atoms with E-state index in [1.165, 1.54) is 12.1 Å². The fourth-order valence-electron chi connectivity index (χ4n) is 3.85. The topological polar surface area (TPSA) is 126 Å². The van der Waals surface area contributed by atoms with Gasteiger partial charge in [0, 0.05) is 18.7 Å². The quantitative estimate of drug-likeness (QED) is 0.253. The molecule has 0 spiro atoms. The van der Waals surface area contributed by atoms with Crippen molar-refractivity contribution < 1.29 is 22.7 Å². The predicted molar refractivity (Wildman–Crippen MR) is 138 cm³/mol. The van der Waals surface area contributed by atoms with Crippen molar-refractivity contribution in [2.75, 3.05) is 32.8 Å². The predicted octanol–water partition coefficient (Wildman–Crippen LogP) is 1.90. The average Bonchev–Trinajstić information content (AvgIpc) is 2.88. The Kier molecular flexibility index (Phi) is 9.63. The van der Waals surface area contributed by atoms with E-state index in [4.69, 9.17) is 4.74 Å². The number of amides is 2. The number of nitrogens with one attached hydrogen (secondary N) is 4. The smallest absolute Gasteiger partial charge is 0.252 e. The van der Waals surface area contributed by atoms with Crippen molar-refractivity contribution in [3.05, 3.63) is 72.3 Å². The van der Waals surface area contributed by atoms with Gasteiger partial charge >= 0.3 is 0 Å². The van der Waals surface area contributed by atoms with E-state index in [-0.39, 0.29) is 29.8 Å². The number of hydrogen-bond acceptors (Lipinski definition) is 6. The summed E-state index contributed by atoms with van der Waals surface area (Å²) in [6.45, 7) is 7.30. The monoisotopic (exact) mass is 514 g/mol. The lowest BCUT2D eigenvalue weighted by Gasteiger charge is -2.37. The second kappa shape index (κ2) is 12.7. The molecule has 2 aromatic carbocycles. The zero-order valence-corrected chi connectivity index (χ0v) is 21.3. The van der Waals surface area contributed by atoms with Crippen molar-refractivity contribution in [3.8, 4) is 5.75 Å². The Morgan fingerprint density at radius 3 is 2.36 bits per heavy atom. The number of carbonyl (C=O) groups excluding carboxylic acids is 2. The van der Waals surface area contributed by atoms with Crippen molar-refractivity contribution in [2.45, 2.75) is 36.6 Å². The third-order valence-corrected chi connectivity index (χ3v) is 7.46. The van der Waals surface area contributed by atoms with Crippen LogP contribution in [-0.4, -0.2) is 58.6 Å². The van der Waals surface area contributed by atoms with Gasteiger partial charge in [0.25, 0.3) is 5.91 Å². The maximum Gasteiger partial charge on any atom is 0.252 e. The molecule has 4 N–H and O–H groups in total. The Labute approximate surface area is 212 Å². The van der Waals surface area contributed by atoms with Crippen LogP contribution >= 0.6 is 0 Å². The van der Waals surface area contributed by atoms with Crippen LogP contribution in [0.25, 0.3) is 0 Å². The molecule has 1 saturated heterocycles. The average molecular weight is 515 g/mol. The van der Waals surface area contributed by atoms with E-state index < -0.39 is 15.6 Å². The summed E-state index contributed by atoms with van der Waals surface area (Å²) >= 11 is 0. The van der Waals surface area contributed by atoms with E-state index in [9.17, 15) is 18.0 Å². The molecule has 2 aromatic rings. The first-order valence-electron chi connectivity index (χ1n) is 12.0. The molecule has 10 heteroatoms. The highest BCUT2D eigenvalue weighted by molar-refractivity contribution is 7.89. The van der Waals surface area contributed by atoms with Gasteiger partial charge < -0.3 is 20.7 Å². The molecule has 0 saturated carbocycles. The highest BCUT2D eigenvalue weighted by Gasteiger charge is 2.40. The van der Waals surface area contributed by atoms with Gasteiger partial charge in [0.2, 0.25) is 15.9 Å². The number of carbonyl (C=O) groups is 2. The first kappa shape index (κ1) is 27.4. The zero-order chi connectivity index (χ0) is 26.0. The second-order valence-corrected chi connectivity index (χ2v) is 10.5. The Morgan fingerprint density at radius 2 is 1.72 bits per heavy atom. The van der Waals surface area contributed by atoms with Crippen LogP contribution in [0.3, 0.4) is 0 Å². The first-order chi connectivity index (χ1) is 17.3. The number of benzene rings is 2. The van der Waals surface area contributed by atoms with Crippen LogP contribution in [0.15, 0.2) is 66.1 Å². The standard InChI is InChI=1S/C26H34N4O5S/c1-3-4-19-35-22-9-7-21(8-10-22)24(31)30-26(13-15-27-16-14-26)25(32)28-17-18-29-36(33,34)23-11-5-20(2)6-12-23/h3,5-12,27,29H,1,4,13-19H2,2H3,(H,28,32)(H,30,31). The lowest BCUT2D eigenvalue weighted by atomic mass is 9.86. The summed E-state index contributed by atoms with van der Waals surface area (Å²) in [6, 6.07) is 13.3. The molecule has 1 heterocycles. The summed E-state index contributed by atoms with van der Waals surface area (Å²) in [5, 5.41) is 8.91. The molecule has 1 aliphatic heterocycles. The van der Waals surface area contributed by atoms with E-state index in [1.807, 2.05) is 6.92 Å². The summed E-state index contributed by atoms with van der Waals surface area (Å²) in [5.74, 6) is -0.0446. The molecule has 9 nitrogen and oxygen atoms in total. The largest absolute Gasteiger partial charge is 0.493 e. The van der Waals surface area contributed by atoms with E-state index in [0.29, 0.717) is 43.9 Å². The minimum Gasteiger partial charge on any atom is -0.493 e. The van der Waals surface area contributed by atoms with Crippen LogP contribution in [0.5, 0.6) is 5.75 Å². The van der Waals surface area contributed by atoms with Crippen LogP contribution in [0.4, 0.5) is 0 Å². The third kappa shape index (κ3) is 7.39. The van der Waals surface area contributed by atoms with Crippen LogP contribution in [0.2, 0.25) is 0 Å². The number of aryl methyl sites for hydroxylation is 1. The lowest BCUT2D eigenvalue weighted by molar-refractivity contribution is -0.128. The number of sulfonamides is 1. The van der Waals surface area contributed by atoms with Gasteiger partial charge in [0.1, 0.15) is 11.3 Å². The number of piperidine rings is 1. The maximum atomic E-state index is 13.2. The fourth-order valence-corrected chi connectivity index (χ4v) is 4.88. The third-order valence-electron chi connectivity index (χ3n) is 5.99. The van der Waals surface area contributed by atoms with E-state index >= 15 is 0 Å². The minimum atomic E-state index is -3.68. The van der Waals surface area contributed by atoms with Crippen LogP contribution in [0, 0.1) is 6.92 Å². The Balaban J connectivity index is 1.57. The maximum absolute atomic E-state index is 13.2. The van der Waals surface area contributed by atoms with Crippen molar-refractivity contribution in [3.63, 3.8) is 0 Å². The normalized spacial score (nSPS) is 15.0. The van der Waals surface area contributed by atoms with Gasteiger partial charge in [-0.15, -0.1) is 6.58 Å². The molecule has 0 aromatic heterocycles. The molecule has 0 aliphatic carbocycles. The minimum absolute atomic E-state index is 0.0253. The Bertz CT molecular complexity index is 1140. The molecule has 0 radical (unpaired) electrons. The van der Waals surface area contributed by atoms with Gasteiger partial charge in [-0.05, 0) is 75.7 Å². The molecule has 2 amide bonds. The molecular formula is C26H34N4O5S. The second-order valence-electron chi connectivity index (χ2n) is 8.70. The highest BCUT2D eigenvalue weighted by atomic mass is 32.2. The molecule has 0 atom stereocenters. The Morgan fingerprint density at radius 1 is 1.06 bits per heavy atom. The summed E-state index contributed by atoms with van der Waals surface area (Å²) in [6.07, 6.45) is 3.33. The lowest BCUT2D eigenvalue weighted by Crippen LogP contribution is -2.63. The van der Waals surface area contributed by atoms with Crippen LogP contribution in [0.1, 0.15) is 35.2 Å². The molecule has 194 valence electrons. The molecule has 1 fully saturated rings. The summed E-state index contributed by atoms with van der Waals surface area (Å²) in [7, 11) is -3.68. The van der Waals surface area contributed by atoms with Crippen molar-refractivity contribution in [2.24, 2.45) is 0 Å². The van der Waals surface area contributed by atoms with Gasteiger partial charge in [0.15, 0.2) is 0 Å². The molecule has 0 bridgehead atoms. The van der Waals surface area contributed by atoms with Gasteiger partial charge in [-0.2, -0.15) is 0 Å². The highest BCUT2D eigenvalue weighted by Crippen LogP contribution is 2.21. The molecule has 36 heavy (non-hydrogen) atoms. The van der Waals surface area contributed by atoms with Crippen molar-refractivity contribution >= 4 is 21.8 Å². The zero-order valence-electron chi connectivity index (χ0n) is 20.5. The van der Waals surface area contributed by atoms with E-state index in [2.05, 4.69) is 27.3 Å². The number of ether oxygens (including phenoxy) is 1.